The Bertz CT molecular complexity index is 210. The normalized spacial score (nSPS) is 29.3. The fourth-order valence-corrected chi connectivity index (χ4v) is 0.927. The van der Waals surface area contributed by atoms with E-state index in [2.05, 4.69) is 0 Å². The smallest absolute Gasteiger partial charge is 0.248 e. The highest BCUT2D eigenvalue weighted by Gasteiger charge is 2.41. The summed E-state index contributed by atoms with van der Waals surface area (Å²) in [7, 11) is 1.68. The number of carbonyl (C=O) groups excluding carboxylic acids is 1. The summed E-state index contributed by atoms with van der Waals surface area (Å²) in [4.78, 5) is 12.4. The Balaban J connectivity index is 2.97. The molecule has 1 unspecified atom stereocenters. The zero-order chi connectivity index (χ0) is 8.65. The molecule has 11 heavy (non-hydrogen) atoms. The summed E-state index contributed by atoms with van der Waals surface area (Å²) in [5, 5.41) is 18.4. The van der Waals surface area contributed by atoms with Crippen LogP contribution in [0.2, 0.25) is 0 Å². The maximum Gasteiger partial charge on any atom is 0.248 e. The second-order valence-corrected chi connectivity index (χ2v) is 2.75. The molecule has 1 rings (SSSR count). The van der Waals surface area contributed by atoms with Crippen LogP contribution in [0.3, 0.4) is 0 Å². The molecule has 1 aliphatic rings. The van der Waals surface area contributed by atoms with E-state index < -0.39 is 17.6 Å². The van der Waals surface area contributed by atoms with Crippen molar-refractivity contribution in [2.45, 2.75) is 18.8 Å². The lowest BCUT2D eigenvalue weighted by Gasteiger charge is -2.35. The number of aliphatic hydroxyl groups is 2. The highest BCUT2D eigenvalue weighted by Crippen LogP contribution is 2.18. The summed E-state index contributed by atoms with van der Waals surface area (Å²) in [6.07, 6.45) is 2.68. The molecule has 1 atom stereocenters. The average molecular weight is 157 g/mol. The largest absolute Gasteiger partial charge is 0.372 e. The van der Waals surface area contributed by atoms with Crippen molar-refractivity contribution in [3.05, 3.63) is 12.3 Å². The van der Waals surface area contributed by atoms with Crippen molar-refractivity contribution in [1.29, 1.82) is 0 Å². The zero-order valence-electron chi connectivity index (χ0n) is 6.48. The van der Waals surface area contributed by atoms with Gasteiger partial charge in [-0.1, -0.05) is 0 Å². The fourth-order valence-electron chi connectivity index (χ4n) is 0.927. The van der Waals surface area contributed by atoms with Crippen LogP contribution < -0.4 is 0 Å². The molecule has 0 bridgehead atoms. The molecule has 0 amide bonds. The Hall–Kier alpha value is -0.870. The molecular weight excluding hydrogens is 146 g/mol. The Morgan fingerprint density at radius 2 is 2.18 bits per heavy atom. The van der Waals surface area contributed by atoms with Gasteiger partial charge in [-0.05, 0) is 6.92 Å². The van der Waals surface area contributed by atoms with Crippen molar-refractivity contribution in [2.24, 2.45) is 0 Å². The molecule has 0 aromatic heterocycles. The lowest BCUT2D eigenvalue weighted by molar-refractivity contribution is -0.198. The van der Waals surface area contributed by atoms with Crippen LogP contribution in [0.1, 0.15) is 6.92 Å². The maximum atomic E-state index is 10.9. The highest BCUT2D eigenvalue weighted by molar-refractivity contribution is 5.96. The van der Waals surface area contributed by atoms with Crippen LogP contribution in [-0.2, 0) is 4.79 Å². The van der Waals surface area contributed by atoms with E-state index in [1.807, 2.05) is 0 Å². The van der Waals surface area contributed by atoms with E-state index in [4.69, 9.17) is 0 Å². The van der Waals surface area contributed by atoms with Crippen molar-refractivity contribution in [3.8, 4) is 0 Å². The maximum absolute atomic E-state index is 10.9. The zero-order valence-corrected chi connectivity index (χ0v) is 6.48. The van der Waals surface area contributed by atoms with Crippen molar-refractivity contribution in [2.75, 3.05) is 7.05 Å². The van der Waals surface area contributed by atoms with Gasteiger partial charge in [0.2, 0.25) is 11.6 Å². The first kappa shape index (κ1) is 8.23. The monoisotopic (exact) mass is 157 g/mol. The molecule has 2 N–H and O–H groups in total. The molecule has 62 valence electrons. The van der Waals surface area contributed by atoms with E-state index in [0.717, 1.165) is 6.08 Å². The molecule has 0 spiro atoms. The lowest BCUT2D eigenvalue weighted by Crippen LogP contribution is -2.55. The highest BCUT2D eigenvalue weighted by atomic mass is 16.5. The van der Waals surface area contributed by atoms with Gasteiger partial charge in [-0.15, -0.1) is 0 Å². The predicted octanol–water partition coefficient (Wildman–Crippen LogP) is -0.916. The van der Waals surface area contributed by atoms with Crippen LogP contribution >= 0.6 is 0 Å². The Kier molecular flexibility index (Phi) is 1.74. The predicted molar refractivity (Wildman–Crippen MR) is 38.5 cm³/mol. The van der Waals surface area contributed by atoms with Crippen LogP contribution in [0, 0.1) is 0 Å². The number of hydrogen-bond donors (Lipinski definition) is 2. The molecule has 4 heteroatoms. The lowest BCUT2D eigenvalue weighted by atomic mass is 10.00. The van der Waals surface area contributed by atoms with Crippen molar-refractivity contribution >= 4 is 5.78 Å². The number of carbonyl (C=O) groups is 1. The summed E-state index contributed by atoms with van der Waals surface area (Å²) in [5.41, 5.74) is 0. The van der Waals surface area contributed by atoms with E-state index in [9.17, 15) is 15.0 Å². The van der Waals surface area contributed by atoms with E-state index >= 15 is 0 Å². The molecule has 0 aliphatic carbocycles. The third kappa shape index (κ3) is 1.15. The number of nitrogens with zero attached hydrogens (tertiary/aromatic N) is 1. The van der Waals surface area contributed by atoms with Crippen LogP contribution in [0.4, 0.5) is 0 Å². The molecule has 0 fully saturated rings. The van der Waals surface area contributed by atoms with Gasteiger partial charge in [-0.2, -0.15) is 0 Å². The SMILES string of the molecule is CC1N(C)C=CC(=O)C1(O)O. The first-order valence-corrected chi connectivity index (χ1v) is 3.35. The van der Waals surface area contributed by atoms with Crippen LogP contribution in [0.15, 0.2) is 12.3 Å². The van der Waals surface area contributed by atoms with Gasteiger partial charge in [0.1, 0.15) is 0 Å². The molecular formula is C7H11NO3. The summed E-state index contributed by atoms with van der Waals surface area (Å²) in [6, 6.07) is -0.597. The van der Waals surface area contributed by atoms with Gasteiger partial charge in [0.15, 0.2) is 0 Å². The second kappa shape index (κ2) is 2.32. The second-order valence-electron chi connectivity index (χ2n) is 2.75. The first-order valence-electron chi connectivity index (χ1n) is 3.35. The topological polar surface area (TPSA) is 60.8 Å². The van der Waals surface area contributed by atoms with Crippen LogP contribution in [-0.4, -0.2) is 39.8 Å². The summed E-state index contributed by atoms with van der Waals surface area (Å²) < 4.78 is 0. The van der Waals surface area contributed by atoms with Crippen molar-refractivity contribution in [1.82, 2.24) is 4.90 Å². The minimum atomic E-state index is -2.23. The molecule has 0 saturated heterocycles. The summed E-state index contributed by atoms with van der Waals surface area (Å²) >= 11 is 0. The molecule has 1 heterocycles. The van der Waals surface area contributed by atoms with E-state index in [-0.39, 0.29) is 0 Å². The van der Waals surface area contributed by atoms with Crippen molar-refractivity contribution in [3.63, 3.8) is 0 Å². The minimum Gasteiger partial charge on any atom is -0.372 e. The molecule has 0 radical (unpaired) electrons. The van der Waals surface area contributed by atoms with Crippen LogP contribution in [0.5, 0.6) is 0 Å². The quantitative estimate of drug-likeness (QED) is 0.447. The molecule has 0 aromatic carbocycles. The first-order chi connectivity index (χ1) is 4.96. The molecule has 4 nitrogen and oxygen atoms in total. The van der Waals surface area contributed by atoms with Gasteiger partial charge < -0.3 is 15.1 Å². The molecule has 0 aromatic rings. The van der Waals surface area contributed by atoms with Gasteiger partial charge in [0.25, 0.3) is 0 Å². The van der Waals surface area contributed by atoms with E-state index in [0.29, 0.717) is 0 Å². The van der Waals surface area contributed by atoms with E-state index in [1.165, 1.54) is 6.20 Å². The Labute approximate surface area is 64.7 Å². The third-order valence-electron chi connectivity index (χ3n) is 2.02. The average Bonchev–Trinajstić information content (AvgIpc) is 1.95. The standard InChI is InChI=1S/C7H11NO3/c1-5-7(10,11)6(9)3-4-8(5)2/h3-5,10-11H,1-2H3. The van der Waals surface area contributed by atoms with Gasteiger partial charge in [-0.3, -0.25) is 4.79 Å². The molecule has 0 saturated carbocycles. The fraction of sp³-hybridized carbons (Fsp3) is 0.571. The number of hydrogen-bond acceptors (Lipinski definition) is 4. The Morgan fingerprint density at radius 1 is 1.64 bits per heavy atom. The third-order valence-corrected chi connectivity index (χ3v) is 2.02. The minimum absolute atomic E-state index is 0.597. The van der Waals surface area contributed by atoms with Gasteiger partial charge in [-0.25, -0.2) is 0 Å². The number of likely N-dealkylation sites (N-methyl/N-ethyl adjacent to an activating group) is 1. The van der Waals surface area contributed by atoms with Gasteiger partial charge in [0, 0.05) is 19.3 Å². The number of ketones is 1. The van der Waals surface area contributed by atoms with Gasteiger partial charge in [0.05, 0.1) is 6.04 Å². The summed E-state index contributed by atoms with van der Waals surface area (Å²) in [6.45, 7) is 1.57. The number of rotatable bonds is 0. The van der Waals surface area contributed by atoms with E-state index in [1.54, 1.807) is 18.9 Å². The van der Waals surface area contributed by atoms with Crippen molar-refractivity contribution < 1.29 is 15.0 Å². The Morgan fingerprint density at radius 3 is 2.64 bits per heavy atom. The van der Waals surface area contributed by atoms with Crippen LogP contribution in [0.25, 0.3) is 0 Å². The van der Waals surface area contributed by atoms with Gasteiger partial charge >= 0.3 is 0 Å². The molecule has 1 aliphatic heterocycles. The summed E-state index contributed by atoms with van der Waals surface area (Å²) in [5.74, 6) is -2.90.